The summed E-state index contributed by atoms with van der Waals surface area (Å²) in [5, 5.41) is 6.23. The molecule has 0 bridgehead atoms. The molecule has 0 aliphatic carbocycles. The molecule has 70 valence electrons. The predicted molar refractivity (Wildman–Crippen MR) is 44.7 cm³/mol. The minimum atomic E-state index is -0.626. The Morgan fingerprint density at radius 2 is 2.46 bits per heavy atom. The first kappa shape index (κ1) is 9.73. The molecule has 13 heavy (non-hydrogen) atoms. The second-order valence-electron chi connectivity index (χ2n) is 2.23. The topological polar surface area (TPSA) is 72.0 Å². The summed E-state index contributed by atoms with van der Waals surface area (Å²) in [5.41, 5.74) is 0.415. The van der Waals surface area contributed by atoms with Crippen molar-refractivity contribution in [1.29, 1.82) is 0 Å². The van der Waals surface area contributed by atoms with Crippen LogP contribution in [-0.2, 0) is 16.0 Å². The van der Waals surface area contributed by atoms with Gasteiger partial charge >= 0.3 is 5.97 Å². The number of esters is 1. The molecule has 0 saturated carbocycles. The number of rotatable bonds is 3. The van der Waals surface area contributed by atoms with E-state index in [4.69, 9.17) is 11.6 Å². The molecule has 0 unspecified atom stereocenters. The van der Waals surface area contributed by atoms with Gasteiger partial charge in [-0.3, -0.25) is 5.10 Å². The molecule has 6 heteroatoms. The highest BCUT2D eigenvalue weighted by Gasteiger charge is 2.17. The molecule has 1 rings (SSSR count). The maximum Gasteiger partial charge on any atom is 0.360 e. The maximum absolute atomic E-state index is 11.0. The molecule has 1 N–H and O–H groups in total. The first-order valence-corrected chi connectivity index (χ1v) is 3.83. The van der Waals surface area contributed by atoms with Crippen molar-refractivity contribution in [3.05, 3.63) is 16.4 Å². The summed E-state index contributed by atoms with van der Waals surface area (Å²) in [6.07, 6.45) is 0.767. The lowest BCUT2D eigenvalue weighted by molar-refractivity contribution is -0.107. The smallest absolute Gasteiger partial charge is 0.360 e. The Balaban J connectivity index is 2.98. The lowest BCUT2D eigenvalue weighted by Crippen LogP contribution is -2.02. The van der Waals surface area contributed by atoms with Gasteiger partial charge in [-0.2, -0.15) is 5.10 Å². The van der Waals surface area contributed by atoms with Crippen molar-refractivity contribution < 1.29 is 14.3 Å². The zero-order valence-electron chi connectivity index (χ0n) is 6.83. The van der Waals surface area contributed by atoms with Crippen LogP contribution in [0, 0.1) is 0 Å². The van der Waals surface area contributed by atoms with Crippen LogP contribution >= 0.6 is 11.6 Å². The Labute approximate surface area is 79.0 Å². The van der Waals surface area contributed by atoms with E-state index in [9.17, 15) is 9.59 Å². The normalized spacial score (nSPS) is 9.69. The summed E-state index contributed by atoms with van der Waals surface area (Å²) in [5.74, 6) is -0.626. The third-order valence-electron chi connectivity index (χ3n) is 1.44. The molecule has 5 nitrogen and oxygen atoms in total. The zero-order valence-corrected chi connectivity index (χ0v) is 7.59. The first-order valence-electron chi connectivity index (χ1n) is 3.45. The standard InChI is InChI=1S/C7H7ClN2O3/c1-13-7(12)6-5(8)4(2-3-11)9-10-6/h3H,2H2,1H3,(H,9,10). The molecule has 0 aromatic carbocycles. The highest BCUT2D eigenvalue weighted by Crippen LogP contribution is 2.18. The average molecular weight is 203 g/mol. The summed E-state index contributed by atoms with van der Waals surface area (Å²) in [7, 11) is 1.23. The van der Waals surface area contributed by atoms with Gasteiger partial charge in [0.15, 0.2) is 5.69 Å². The van der Waals surface area contributed by atoms with Crippen molar-refractivity contribution in [2.24, 2.45) is 0 Å². The molecule has 0 radical (unpaired) electrons. The molecule has 1 aromatic rings. The fraction of sp³-hybridized carbons (Fsp3) is 0.286. The molecule has 1 aromatic heterocycles. The van der Waals surface area contributed by atoms with Crippen LogP contribution in [0.3, 0.4) is 0 Å². The lowest BCUT2D eigenvalue weighted by Gasteiger charge is -1.93. The van der Waals surface area contributed by atoms with Crippen molar-refractivity contribution in [2.75, 3.05) is 7.11 Å². The van der Waals surface area contributed by atoms with Crippen LogP contribution < -0.4 is 0 Å². The number of hydrogen-bond acceptors (Lipinski definition) is 4. The highest BCUT2D eigenvalue weighted by atomic mass is 35.5. The van der Waals surface area contributed by atoms with Gasteiger partial charge in [-0.15, -0.1) is 0 Å². The van der Waals surface area contributed by atoms with Crippen molar-refractivity contribution in [3.63, 3.8) is 0 Å². The van der Waals surface area contributed by atoms with Gasteiger partial charge in [0.05, 0.1) is 17.8 Å². The van der Waals surface area contributed by atoms with Crippen LogP contribution in [0.4, 0.5) is 0 Å². The molecular weight excluding hydrogens is 196 g/mol. The molecule has 0 saturated heterocycles. The number of hydrogen-bond donors (Lipinski definition) is 1. The third-order valence-corrected chi connectivity index (χ3v) is 1.85. The minimum absolute atomic E-state index is 0.000941. The van der Waals surface area contributed by atoms with Crippen LogP contribution in [0.5, 0.6) is 0 Å². The van der Waals surface area contributed by atoms with Gasteiger partial charge in [0.25, 0.3) is 0 Å². The van der Waals surface area contributed by atoms with Crippen LogP contribution in [0.15, 0.2) is 0 Å². The van der Waals surface area contributed by atoms with Crippen molar-refractivity contribution >= 4 is 23.9 Å². The Hall–Kier alpha value is -1.36. The molecule has 0 amide bonds. The number of halogens is 1. The van der Waals surface area contributed by atoms with Gasteiger partial charge in [-0.25, -0.2) is 4.79 Å². The number of methoxy groups -OCH3 is 1. The molecule has 0 fully saturated rings. The zero-order chi connectivity index (χ0) is 9.84. The fourth-order valence-corrected chi connectivity index (χ4v) is 1.05. The van der Waals surface area contributed by atoms with Gasteiger partial charge in [-0.1, -0.05) is 11.6 Å². The molecule has 0 spiro atoms. The van der Waals surface area contributed by atoms with Crippen LogP contribution in [0.25, 0.3) is 0 Å². The number of aldehydes is 1. The van der Waals surface area contributed by atoms with Crippen molar-refractivity contribution in [3.8, 4) is 0 Å². The maximum atomic E-state index is 11.0. The molecule has 0 aliphatic heterocycles. The number of carbonyl (C=O) groups is 2. The lowest BCUT2D eigenvalue weighted by atomic mass is 10.3. The number of carbonyl (C=O) groups excluding carboxylic acids is 2. The highest BCUT2D eigenvalue weighted by molar-refractivity contribution is 6.34. The van der Waals surface area contributed by atoms with Gasteiger partial charge in [0, 0.05) is 6.42 Å². The number of aromatic amines is 1. The predicted octanol–water partition coefficient (Wildman–Crippen LogP) is 0.591. The quantitative estimate of drug-likeness (QED) is 0.575. The Morgan fingerprint density at radius 3 is 3.00 bits per heavy atom. The van der Waals surface area contributed by atoms with Crippen molar-refractivity contribution in [1.82, 2.24) is 10.2 Å². The van der Waals surface area contributed by atoms with E-state index in [1.165, 1.54) is 7.11 Å². The number of nitrogens with one attached hydrogen (secondary N) is 1. The summed E-state index contributed by atoms with van der Waals surface area (Å²) < 4.78 is 4.41. The number of H-pyrrole nitrogens is 1. The largest absolute Gasteiger partial charge is 0.464 e. The van der Waals surface area contributed by atoms with E-state index < -0.39 is 5.97 Å². The first-order chi connectivity index (χ1) is 6.20. The van der Waals surface area contributed by atoms with E-state index in [0.717, 1.165) is 0 Å². The molecule has 1 heterocycles. The van der Waals surface area contributed by atoms with Gasteiger partial charge in [0.2, 0.25) is 0 Å². The van der Waals surface area contributed by atoms with Crippen LogP contribution in [-0.4, -0.2) is 29.6 Å². The molecular formula is C7H7ClN2O3. The van der Waals surface area contributed by atoms with E-state index in [1.807, 2.05) is 0 Å². The number of ether oxygens (including phenoxy) is 1. The van der Waals surface area contributed by atoms with Crippen molar-refractivity contribution in [2.45, 2.75) is 6.42 Å². The van der Waals surface area contributed by atoms with Crippen LogP contribution in [0.1, 0.15) is 16.2 Å². The monoisotopic (exact) mass is 202 g/mol. The molecule has 0 aliphatic rings. The van der Waals surface area contributed by atoms with Gasteiger partial charge < -0.3 is 9.53 Å². The second-order valence-corrected chi connectivity index (χ2v) is 2.61. The number of nitrogens with zero attached hydrogens (tertiary/aromatic N) is 1. The van der Waals surface area contributed by atoms with E-state index >= 15 is 0 Å². The SMILES string of the molecule is COC(=O)c1n[nH]c(CC=O)c1Cl. The molecule has 0 atom stereocenters. The van der Waals surface area contributed by atoms with E-state index in [1.54, 1.807) is 0 Å². The minimum Gasteiger partial charge on any atom is -0.464 e. The van der Waals surface area contributed by atoms with E-state index in [-0.39, 0.29) is 17.1 Å². The van der Waals surface area contributed by atoms with E-state index in [2.05, 4.69) is 14.9 Å². The summed E-state index contributed by atoms with van der Waals surface area (Å²) in [6, 6.07) is 0. The summed E-state index contributed by atoms with van der Waals surface area (Å²) in [4.78, 5) is 21.1. The summed E-state index contributed by atoms with van der Waals surface area (Å²) >= 11 is 5.72. The fourth-order valence-electron chi connectivity index (χ4n) is 0.815. The summed E-state index contributed by atoms with van der Waals surface area (Å²) in [6.45, 7) is 0. The van der Waals surface area contributed by atoms with Gasteiger partial charge in [0.1, 0.15) is 6.29 Å². The Morgan fingerprint density at radius 1 is 1.77 bits per heavy atom. The Bertz CT molecular complexity index is 334. The third kappa shape index (κ3) is 1.86. The van der Waals surface area contributed by atoms with Crippen LogP contribution in [0.2, 0.25) is 5.02 Å². The second kappa shape index (κ2) is 4.04. The van der Waals surface area contributed by atoms with E-state index in [0.29, 0.717) is 12.0 Å². The number of aromatic nitrogens is 2. The average Bonchev–Trinajstić information content (AvgIpc) is 2.48. The van der Waals surface area contributed by atoms with Gasteiger partial charge in [-0.05, 0) is 0 Å². The Kier molecular flexibility index (Phi) is 3.02.